The van der Waals surface area contributed by atoms with E-state index in [-0.39, 0.29) is 29.4 Å². The highest BCUT2D eigenvalue weighted by Gasteiger charge is 2.22. The molecule has 0 saturated heterocycles. The van der Waals surface area contributed by atoms with Crippen molar-refractivity contribution < 1.29 is 0 Å². The van der Waals surface area contributed by atoms with Crippen molar-refractivity contribution in [3.05, 3.63) is 65.6 Å². The van der Waals surface area contributed by atoms with Crippen LogP contribution in [0.15, 0.2) is 53.7 Å². The third-order valence-electron chi connectivity index (χ3n) is 4.68. The second-order valence-electron chi connectivity index (χ2n) is 7.29. The van der Waals surface area contributed by atoms with Crippen LogP contribution in [-0.4, -0.2) is 33.6 Å². The van der Waals surface area contributed by atoms with Crippen LogP contribution < -0.4 is 10.6 Å². The zero-order valence-corrected chi connectivity index (χ0v) is 19.3. The summed E-state index contributed by atoms with van der Waals surface area (Å²) in [6.45, 7) is 10.8. The Morgan fingerprint density at radius 1 is 1.07 bits per heavy atom. The standard InChI is InChI=1S/C21H28N6.HI/c1-5-22-20(23-14-19-26-25-18-12-8-9-13-27(18)19)24-15-21(3,4)17-11-7-6-10-16(17)2;/h6-13H,5,14-15H2,1-4H3,(H2,22,23,24);1H. The highest BCUT2D eigenvalue weighted by molar-refractivity contribution is 14.0. The van der Waals surface area contributed by atoms with Gasteiger partial charge in [0.2, 0.25) is 0 Å². The molecule has 0 saturated carbocycles. The number of aromatic nitrogens is 3. The summed E-state index contributed by atoms with van der Waals surface area (Å²) >= 11 is 0. The number of pyridine rings is 1. The molecule has 28 heavy (non-hydrogen) atoms. The lowest BCUT2D eigenvalue weighted by Crippen LogP contribution is -2.43. The molecule has 2 N–H and O–H groups in total. The largest absolute Gasteiger partial charge is 0.357 e. The van der Waals surface area contributed by atoms with Crippen LogP contribution in [0.1, 0.15) is 37.7 Å². The van der Waals surface area contributed by atoms with Gasteiger partial charge < -0.3 is 10.6 Å². The lowest BCUT2D eigenvalue weighted by molar-refractivity contribution is 0.506. The molecule has 1 aromatic carbocycles. The van der Waals surface area contributed by atoms with Crippen LogP contribution in [0.5, 0.6) is 0 Å². The number of guanidine groups is 1. The fourth-order valence-corrected chi connectivity index (χ4v) is 3.22. The van der Waals surface area contributed by atoms with E-state index in [1.807, 2.05) is 28.8 Å². The fraction of sp³-hybridized carbons (Fsp3) is 0.381. The number of rotatable bonds is 6. The van der Waals surface area contributed by atoms with Gasteiger partial charge in [-0.05, 0) is 37.1 Å². The molecule has 150 valence electrons. The number of hydrogen-bond acceptors (Lipinski definition) is 3. The van der Waals surface area contributed by atoms with Crippen molar-refractivity contribution in [2.45, 2.75) is 39.7 Å². The van der Waals surface area contributed by atoms with Gasteiger partial charge in [0.15, 0.2) is 17.4 Å². The number of hydrogen-bond donors (Lipinski definition) is 2. The zero-order valence-electron chi connectivity index (χ0n) is 16.9. The monoisotopic (exact) mass is 492 g/mol. The average molecular weight is 492 g/mol. The van der Waals surface area contributed by atoms with Crippen LogP contribution >= 0.6 is 24.0 Å². The van der Waals surface area contributed by atoms with Crippen molar-refractivity contribution in [2.75, 3.05) is 13.1 Å². The molecule has 0 radical (unpaired) electrons. The van der Waals surface area contributed by atoms with Crippen molar-refractivity contribution >= 4 is 35.6 Å². The molecule has 2 aromatic heterocycles. The molecule has 0 aliphatic rings. The van der Waals surface area contributed by atoms with Crippen LogP contribution in [0.3, 0.4) is 0 Å². The van der Waals surface area contributed by atoms with Gasteiger partial charge in [-0.15, -0.1) is 34.2 Å². The maximum absolute atomic E-state index is 4.70. The molecule has 0 aliphatic heterocycles. The van der Waals surface area contributed by atoms with E-state index >= 15 is 0 Å². The van der Waals surface area contributed by atoms with E-state index in [4.69, 9.17) is 4.99 Å². The van der Waals surface area contributed by atoms with E-state index in [1.54, 1.807) is 0 Å². The van der Waals surface area contributed by atoms with Gasteiger partial charge in [0.25, 0.3) is 0 Å². The number of halogens is 1. The molecule has 2 heterocycles. The van der Waals surface area contributed by atoms with Gasteiger partial charge in [0, 0.05) is 24.7 Å². The van der Waals surface area contributed by atoms with E-state index < -0.39 is 0 Å². The normalized spacial score (nSPS) is 11.9. The molecule has 0 bridgehead atoms. The predicted octanol–water partition coefficient (Wildman–Crippen LogP) is 3.69. The molecule has 0 unspecified atom stereocenters. The first kappa shape index (κ1) is 22.1. The average Bonchev–Trinajstić information content (AvgIpc) is 3.07. The first-order valence-corrected chi connectivity index (χ1v) is 9.38. The van der Waals surface area contributed by atoms with Gasteiger partial charge in [-0.1, -0.05) is 44.2 Å². The number of fused-ring (bicyclic) bond motifs is 1. The second kappa shape index (κ2) is 9.86. The maximum Gasteiger partial charge on any atom is 0.191 e. The molecule has 0 fully saturated rings. The van der Waals surface area contributed by atoms with Gasteiger partial charge in [-0.25, -0.2) is 4.99 Å². The zero-order chi connectivity index (χ0) is 19.3. The Morgan fingerprint density at radius 3 is 2.57 bits per heavy atom. The van der Waals surface area contributed by atoms with E-state index in [2.05, 4.69) is 72.8 Å². The predicted molar refractivity (Wildman–Crippen MR) is 125 cm³/mol. The fourth-order valence-electron chi connectivity index (χ4n) is 3.22. The van der Waals surface area contributed by atoms with Crippen LogP contribution in [0.25, 0.3) is 5.65 Å². The molecule has 0 atom stereocenters. The number of nitrogens with one attached hydrogen (secondary N) is 2. The Morgan fingerprint density at radius 2 is 1.82 bits per heavy atom. The van der Waals surface area contributed by atoms with Crippen LogP contribution in [-0.2, 0) is 12.0 Å². The Labute approximate surface area is 183 Å². The molecular formula is C21H29IN6. The molecule has 7 heteroatoms. The number of benzene rings is 1. The van der Waals surface area contributed by atoms with Gasteiger partial charge in [-0.3, -0.25) is 4.40 Å². The first-order chi connectivity index (χ1) is 13.0. The summed E-state index contributed by atoms with van der Waals surface area (Å²) in [6.07, 6.45) is 1.96. The van der Waals surface area contributed by atoms with Crippen molar-refractivity contribution in [3.63, 3.8) is 0 Å². The minimum Gasteiger partial charge on any atom is -0.357 e. The topological polar surface area (TPSA) is 66.6 Å². The SMILES string of the molecule is CCNC(=NCc1nnc2ccccn12)NCC(C)(C)c1ccccc1C.I. The Kier molecular flexibility index (Phi) is 7.79. The lowest BCUT2D eigenvalue weighted by atomic mass is 9.82. The van der Waals surface area contributed by atoms with Crippen LogP contribution in [0, 0.1) is 6.92 Å². The summed E-state index contributed by atoms with van der Waals surface area (Å²) in [4.78, 5) is 4.70. The minimum atomic E-state index is -0.0108. The Bertz CT molecular complexity index is 931. The number of aryl methyl sites for hydroxylation is 1. The quantitative estimate of drug-likeness (QED) is 0.313. The number of aliphatic imine (C=N–C) groups is 1. The molecule has 0 aliphatic carbocycles. The van der Waals surface area contributed by atoms with Crippen LogP contribution in [0.2, 0.25) is 0 Å². The lowest BCUT2D eigenvalue weighted by Gasteiger charge is -2.28. The minimum absolute atomic E-state index is 0. The molecule has 0 amide bonds. The summed E-state index contributed by atoms with van der Waals surface area (Å²) in [6, 6.07) is 14.4. The third-order valence-corrected chi connectivity index (χ3v) is 4.68. The van der Waals surface area contributed by atoms with E-state index in [0.29, 0.717) is 6.54 Å². The maximum atomic E-state index is 4.70. The molecular weight excluding hydrogens is 463 g/mol. The summed E-state index contributed by atoms with van der Waals surface area (Å²) < 4.78 is 1.96. The second-order valence-corrected chi connectivity index (χ2v) is 7.29. The highest BCUT2D eigenvalue weighted by atomic mass is 127. The molecule has 6 nitrogen and oxygen atoms in total. The Balaban J connectivity index is 0.00000280. The third kappa shape index (κ3) is 5.21. The smallest absolute Gasteiger partial charge is 0.191 e. The first-order valence-electron chi connectivity index (χ1n) is 9.38. The van der Waals surface area contributed by atoms with E-state index in [0.717, 1.165) is 30.5 Å². The van der Waals surface area contributed by atoms with Crippen molar-refractivity contribution in [1.82, 2.24) is 25.2 Å². The molecule has 3 rings (SSSR count). The summed E-state index contributed by atoms with van der Waals surface area (Å²) in [5, 5.41) is 15.2. The van der Waals surface area contributed by atoms with Gasteiger partial charge >= 0.3 is 0 Å². The number of nitrogens with zero attached hydrogens (tertiary/aromatic N) is 4. The van der Waals surface area contributed by atoms with E-state index in [9.17, 15) is 0 Å². The van der Waals surface area contributed by atoms with Crippen molar-refractivity contribution in [1.29, 1.82) is 0 Å². The van der Waals surface area contributed by atoms with Gasteiger partial charge in [0.1, 0.15) is 6.54 Å². The van der Waals surface area contributed by atoms with Crippen molar-refractivity contribution in [3.8, 4) is 0 Å². The van der Waals surface area contributed by atoms with Crippen LogP contribution in [0.4, 0.5) is 0 Å². The van der Waals surface area contributed by atoms with E-state index in [1.165, 1.54) is 11.1 Å². The highest BCUT2D eigenvalue weighted by Crippen LogP contribution is 2.25. The van der Waals surface area contributed by atoms with Gasteiger partial charge in [0.05, 0.1) is 0 Å². The summed E-state index contributed by atoms with van der Waals surface area (Å²) in [5.74, 6) is 1.60. The summed E-state index contributed by atoms with van der Waals surface area (Å²) in [7, 11) is 0. The molecule has 3 aromatic rings. The van der Waals surface area contributed by atoms with Crippen molar-refractivity contribution in [2.24, 2.45) is 4.99 Å². The Hall–Kier alpha value is -2.16. The molecule has 0 spiro atoms. The van der Waals surface area contributed by atoms with Gasteiger partial charge in [-0.2, -0.15) is 0 Å². The summed E-state index contributed by atoms with van der Waals surface area (Å²) in [5.41, 5.74) is 3.47.